The van der Waals surface area contributed by atoms with Crippen molar-refractivity contribution >= 4 is 17.6 Å². The van der Waals surface area contributed by atoms with Gasteiger partial charge in [0.1, 0.15) is 0 Å². The van der Waals surface area contributed by atoms with Gasteiger partial charge >= 0.3 is 5.97 Å². The van der Waals surface area contributed by atoms with E-state index in [4.69, 9.17) is 9.52 Å². The van der Waals surface area contributed by atoms with E-state index in [1.807, 2.05) is 24.3 Å². The first kappa shape index (κ1) is 15.8. The Bertz CT molecular complexity index is 658. The van der Waals surface area contributed by atoms with Crippen LogP contribution in [0.2, 0.25) is 0 Å². The van der Waals surface area contributed by atoms with E-state index in [2.05, 4.69) is 6.92 Å². The molecule has 116 valence electrons. The van der Waals surface area contributed by atoms with Gasteiger partial charge in [-0.3, -0.25) is 4.79 Å². The summed E-state index contributed by atoms with van der Waals surface area (Å²) in [6.07, 6.45) is 3.30. The largest absolute Gasteiger partial charge is 0.475 e. The molecule has 0 fully saturated rings. The van der Waals surface area contributed by atoms with Gasteiger partial charge in [0.15, 0.2) is 5.76 Å². The summed E-state index contributed by atoms with van der Waals surface area (Å²) in [5, 5.41) is 8.82. The second-order valence-corrected chi connectivity index (χ2v) is 5.10. The minimum atomic E-state index is -1.19. The maximum absolute atomic E-state index is 12.3. The van der Waals surface area contributed by atoms with Gasteiger partial charge in [-0.1, -0.05) is 25.5 Å². The molecule has 0 unspecified atom stereocenters. The van der Waals surface area contributed by atoms with Crippen LogP contribution in [0.5, 0.6) is 0 Å². The maximum Gasteiger partial charge on any atom is 0.371 e. The number of carboxylic acids is 1. The molecule has 1 aromatic heterocycles. The second-order valence-electron chi connectivity index (χ2n) is 5.10. The van der Waals surface area contributed by atoms with Crippen molar-refractivity contribution in [3.63, 3.8) is 0 Å². The Labute approximate surface area is 129 Å². The van der Waals surface area contributed by atoms with E-state index in [0.717, 1.165) is 24.9 Å². The minimum absolute atomic E-state index is 0.00922. The Kier molecular flexibility index (Phi) is 4.99. The molecule has 0 saturated carbocycles. The van der Waals surface area contributed by atoms with Gasteiger partial charge in [0, 0.05) is 12.7 Å². The zero-order chi connectivity index (χ0) is 16.1. The van der Waals surface area contributed by atoms with Crippen LogP contribution < -0.4 is 4.90 Å². The molecule has 0 aliphatic rings. The van der Waals surface area contributed by atoms with Crippen LogP contribution in [0.3, 0.4) is 0 Å². The predicted octanol–water partition coefficient (Wildman–Crippen LogP) is 3.60. The third-order valence-electron chi connectivity index (χ3n) is 3.47. The molecule has 1 N–H and O–H groups in total. The van der Waals surface area contributed by atoms with Crippen LogP contribution in [-0.2, 0) is 6.42 Å². The highest BCUT2D eigenvalue weighted by Crippen LogP contribution is 2.18. The summed E-state index contributed by atoms with van der Waals surface area (Å²) in [6.45, 7) is 2.15. The highest BCUT2D eigenvalue weighted by Gasteiger charge is 2.19. The van der Waals surface area contributed by atoms with E-state index >= 15 is 0 Å². The fourth-order valence-electron chi connectivity index (χ4n) is 2.12. The summed E-state index contributed by atoms with van der Waals surface area (Å²) in [6, 6.07) is 10.4. The number of rotatable bonds is 6. The van der Waals surface area contributed by atoms with Crippen LogP contribution in [0.1, 0.15) is 46.4 Å². The standard InChI is InChI=1S/C17H19NO4/c1-3-4-5-12-6-8-13(9-7-12)18(2)16(19)14-10-11-15(22-14)17(20)21/h6-11H,3-5H2,1-2H3,(H,20,21). The number of aromatic carboxylic acids is 1. The number of hydrogen-bond acceptors (Lipinski definition) is 3. The fourth-order valence-corrected chi connectivity index (χ4v) is 2.12. The van der Waals surface area contributed by atoms with Gasteiger partial charge in [0.05, 0.1) is 0 Å². The Morgan fingerprint density at radius 1 is 1.09 bits per heavy atom. The summed E-state index contributed by atoms with van der Waals surface area (Å²) >= 11 is 0. The quantitative estimate of drug-likeness (QED) is 0.885. The number of amides is 1. The zero-order valence-corrected chi connectivity index (χ0v) is 12.7. The van der Waals surface area contributed by atoms with Gasteiger partial charge in [-0.15, -0.1) is 0 Å². The van der Waals surface area contributed by atoms with Crippen LogP contribution in [0.15, 0.2) is 40.8 Å². The van der Waals surface area contributed by atoms with E-state index < -0.39 is 5.97 Å². The number of carboxylic acid groups (broad SMARTS) is 1. The van der Waals surface area contributed by atoms with Crippen LogP contribution in [0, 0.1) is 0 Å². The number of carbonyl (C=O) groups excluding carboxylic acids is 1. The van der Waals surface area contributed by atoms with E-state index in [1.54, 1.807) is 7.05 Å². The highest BCUT2D eigenvalue weighted by atomic mass is 16.4. The van der Waals surface area contributed by atoms with E-state index in [-0.39, 0.29) is 17.4 Å². The highest BCUT2D eigenvalue weighted by molar-refractivity contribution is 6.04. The number of hydrogen-bond donors (Lipinski definition) is 1. The number of benzene rings is 1. The van der Waals surface area contributed by atoms with Crippen molar-refractivity contribution in [1.82, 2.24) is 0 Å². The molecule has 0 atom stereocenters. The van der Waals surface area contributed by atoms with Gasteiger partial charge in [-0.05, 0) is 42.7 Å². The first-order chi connectivity index (χ1) is 10.5. The molecule has 0 radical (unpaired) electrons. The average molecular weight is 301 g/mol. The molecule has 22 heavy (non-hydrogen) atoms. The minimum Gasteiger partial charge on any atom is -0.475 e. The number of carbonyl (C=O) groups is 2. The van der Waals surface area contributed by atoms with Crippen molar-refractivity contribution in [3.8, 4) is 0 Å². The lowest BCUT2D eigenvalue weighted by atomic mass is 10.1. The van der Waals surface area contributed by atoms with Crippen molar-refractivity contribution in [2.45, 2.75) is 26.2 Å². The van der Waals surface area contributed by atoms with E-state index in [1.165, 1.54) is 22.6 Å². The average Bonchev–Trinajstić information content (AvgIpc) is 3.02. The number of aryl methyl sites for hydroxylation is 1. The van der Waals surface area contributed by atoms with Gasteiger partial charge in [-0.25, -0.2) is 4.79 Å². The Hall–Kier alpha value is -2.56. The normalized spacial score (nSPS) is 10.5. The van der Waals surface area contributed by atoms with E-state index in [9.17, 15) is 9.59 Å². The van der Waals surface area contributed by atoms with Gasteiger partial charge in [0.25, 0.3) is 5.91 Å². The van der Waals surface area contributed by atoms with Crippen LogP contribution in [0.4, 0.5) is 5.69 Å². The predicted molar refractivity (Wildman–Crippen MR) is 83.5 cm³/mol. The second kappa shape index (κ2) is 6.93. The van der Waals surface area contributed by atoms with Gasteiger partial charge < -0.3 is 14.4 Å². The third-order valence-corrected chi connectivity index (χ3v) is 3.47. The summed E-state index contributed by atoms with van der Waals surface area (Å²) < 4.78 is 5.04. The molecule has 1 aromatic carbocycles. The summed E-state index contributed by atoms with van der Waals surface area (Å²) in [4.78, 5) is 24.5. The first-order valence-corrected chi connectivity index (χ1v) is 7.23. The lowest BCUT2D eigenvalue weighted by molar-refractivity contribution is 0.0660. The summed E-state index contributed by atoms with van der Waals surface area (Å²) in [7, 11) is 1.63. The molecule has 1 heterocycles. The Balaban J connectivity index is 2.10. The van der Waals surface area contributed by atoms with Crippen molar-refractivity contribution in [3.05, 3.63) is 53.5 Å². The summed E-state index contributed by atoms with van der Waals surface area (Å²) in [5.74, 6) is -1.81. The molecule has 0 aliphatic carbocycles. The van der Waals surface area contributed by atoms with Crippen molar-refractivity contribution < 1.29 is 19.1 Å². The van der Waals surface area contributed by atoms with Crippen LogP contribution >= 0.6 is 0 Å². The zero-order valence-electron chi connectivity index (χ0n) is 12.7. The van der Waals surface area contributed by atoms with E-state index in [0.29, 0.717) is 0 Å². The number of anilines is 1. The maximum atomic E-state index is 12.3. The molecule has 2 rings (SSSR count). The summed E-state index contributed by atoms with van der Waals surface area (Å²) in [5.41, 5.74) is 1.97. The number of furan rings is 1. The van der Waals surface area contributed by atoms with Crippen LogP contribution in [0.25, 0.3) is 0 Å². The monoisotopic (exact) mass is 301 g/mol. The lowest BCUT2D eigenvalue weighted by Gasteiger charge is -2.16. The van der Waals surface area contributed by atoms with Crippen molar-refractivity contribution in [2.24, 2.45) is 0 Å². The number of nitrogens with zero attached hydrogens (tertiary/aromatic N) is 1. The molecule has 0 saturated heterocycles. The number of unbranched alkanes of at least 4 members (excludes halogenated alkanes) is 1. The molecular weight excluding hydrogens is 282 g/mol. The van der Waals surface area contributed by atoms with Crippen molar-refractivity contribution in [2.75, 3.05) is 11.9 Å². The molecule has 1 amide bonds. The molecule has 2 aromatic rings. The SMILES string of the molecule is CCCCc1ccc(N(C)C(=O)c2ccc(C(=O)O)o2)cc1. The fraction of sp³-hybridized carbons (Fsp3) is 0.294. The lowest BCUT2D eigenvalue weighted by Crippen LogP contribution is -2.25. The Morgan fingerprint density at radius 3 is 2.27 bits per heavy atom. The van der Waals surface area contributed by atoms with Crippen LogP contribution in [-0.4, -0.2) is 24.0 Å². The smallest absolute Gasteiger partial charge is 0.371 e. The molecule has 5 nitrogen and oxygen atoms in total. The van der Waals surface area contributed by atoms with Gasteiger partial charge in [0.2, 0.25) is 5.76 Å². The van der Waals surface area contributed by atoms with Gasteiger partial charge in [-0.2, -0.15) is 0 Å². The van der Waals surface area contributed by atoms with Crippen molar-refractivity contribution in [1.29, 1.82) is 0 Å². The molecule has 0 aliphatic heterocycles. The molecule has 0 spiro atoms. The molecule has 5 heteroatoms. The third kappa shape index (κ3) is 3.55. The topological polar surface area (TPSA) is 70.8 Å². The first-order valence-electron chi connectivity index (χ1n) is 7.23. The molecular formula is C17H19NO4. The molecule has 0 bridgehead atoms. The Morgan fingerprint density at radius 2 is 1.73 bits per heavy atom.